The van der Waals surface area contributed by atoms with E-state index in [1.54, 1.807) is 0 Å². The van der Waals surface area contributed by atoms with Gasteiger partial charge < -0.3 is 15.2 Å². The van der Waals surface area contributed by atoms with Crippen molar-refractivity contribution in [2.45, 2.75) is 50.9 Å². The second-order valence-electron chi connectivity index (χ2n) is 8.00. The van der Waals surface area contributed by atoms with Crippen LogP contribution >= 0.6 is 0 Å². The number of H-pyrrole nitrogens is 1. The lowest BCUT2D eigenvalue weighted by Crippen LogP contribution is -2.45. The predicted molar refractivity (Wildman–Crippen MR) is 106 cm³/mol. The minimum atomic E-state index is 0.0523. The molecule has 0 radical (unpaired) electrons. The summed E-state index contributed by atoms with van der Waals surface area (Å²) in [5, 5.41) is 4.17. The molecule has 0 spiro atoms. The van der Waals surface area contributed by atoms with Gasteiger partial charge in [-0.25, -0.2) is 0 Å². The Balaban J connectivity index is 1.27. The van der Waals surface area contributed by atoms with E-state index in [-0.39, 0.29) is 24.3 Å². The number of aromatic amines is 1. The van der Waals surface area contributed by atoms with Gasteiger partial charge in [0.1, 0.15) is 0 Å². The van der Waals surface area contributed by atoms with Gasteiger partial charge in [-0.15, -0.1) is 0 Å². The number of para-hydroxylation sites is 1. The fourth-order valence-corrected chi connectivity index (χ4v) is 4.66. The number of nitrogens with one attached hydrogen (secondary N) is 2. The number of piperidine rings is 1. The van der Waals surface area contributed by atoms with E-state index in [1.165, 1.54) is 22.9 Å². The number of carbonyl (C=O) groups is 2. The van der Waals surface area contributed by atoms with Crippen molar-refractivity contribution in [2.75, 3.05) is 19.6 Å². The molecule has 0 atom stereocenters. The molecule has 0 bridgehead atoms. The topological polar surface area (TPSA) is 65.2 Å². The molecule has 0 unspecified atom stereocenters. The highest BCUT2D eigenvalue weighted by Gasteiger charge is 2.26. The highest BCUT2D eigenvalue weighted by molar-refractivity contribution is 5.86. The number of likely N-dealkylation sites (tertiary alicyclic amines) is 1. The Morgan fingerprint density at radius 2 is 1.78 bits per heavy atom. The number of carbonyl (C=O) groups excluding carboxylic acids is 2. The molecular formula is C22H29N3O2. The average Bonchev–Trinajstić information content (AvgIpc) is 3.16. The summed E-state index contributed by atoms with van der Waals surface area (Å²) >= 11 is 0. The zero-order valence-electron chi connectivity index (χ0n) is 15.9. The highest BCUT2D eigenvalue weighted by atomic mass is 16.2. The molecule has 2 aliphatic rings. The van der Waals surface area contributed by atoms with Gasteiger partial charge >= 0.3 is 0 Å². The summed E-state index contributed by atoms with van der Waals surface area (Å²) in [5.74, 6) is 0.717. The largest absolute Gasteiger partial charge is 0.361 e. The lowest BCUT2D eigenvalue weighted by molar-refractivity contribution is -0.135. The molecule has 2 aromatic rings. The van der Waals surface area contributed by atoms with Gasteiger partial charge in [0.05, 0.1) is 6.54 Å². The van der Waals surface area contributed by atoms with Gasteiger partial charge in [-0.2, -0.15) is 0 Å². The SMILES string of the molecule is O=C(NCC(=O)N1CCC(c2c[nH]c3ccccc23)CC1)C1CCCCC1. The summed E-state index contributed by atoms with van der Waals surface area (Å²) in [5.41, 5.74) is 2.54. The van der Waals surface area contributed by atoms with Gasteiger partial charge in [-0.3, -0.25) is 9.59 Å². The van der Waals surface area contributed by atoms with Crippen molar-refractivity contribution in [1.82, 2.24) is 15.2 Å². The Kier molecular flexibility index (Phi) is 5.46. The van der Waals surface area contributed by atoms with Crippen molar-refractivity contribution < 1.29 is 9.59 Å². The first-order chi connectivity index (χ1) is 13.2. The number of hydrogen-bond donors (Lipinski definition) is 2. The number of fused-ring (bicyclic) bond motifs is 1. The molecule has 1 aromatic heterocycles. The third kappa shape index (κ3) is 4.02. The highest BCUT2D eigenvalue weighted by Crippen LogP contribution is 2.33. The van der Waals surface area contributed by atoms with Crippen LogP contribution in [0, 0.1) is 5.92 Å². The van der Waals surface area contributed by atoms with Crippen LogP contribution in [0.1, 0.15) is 56.4 Å². The van der Waals surface area contributed by atoms with E-state index in [4.69, 9.17) is 0 Å². The van der Waals surface area contributed by atoms with Crippen molar-refractivity contribution >= 4 is 22.7 Å². The standard InChI is InChI=1S/C22H29N3O2/c26-21(15-24-22(27)17-6-2-1-3-7-17)25-12-10-16(11-13-25)19-14-23-20-9-5-4-8-18(19)20/h4-5,8-9,14,16-17,23H,1-3,6-7,10-13,15H2,(H,24,27). The summed E-state index contributed by atoms with van der Waals surface area (Å²) < 4.78 is 0. The minimum Gasteiger partial charge on any atom is -0.361 e. The van der Waals surface area contributed by atoms with Crippen LogP contribution in [0.4, 0.5) is 0 Å². The van der Waals surface area contributed by atoms with Crippen LogP contribution in [-0.2, 0) is 9.59 Å². The molecule has 5 heteroatoms. The van der Waals surface area contributed by atoms with Crippen LogP contribution in [0.15, 0.2) is 30.5 Å². The van der Waals surface area contributed by atoms with E-state index in [0.717, 1.165) is 51.6 Å². The lowest BCUT2D eigenvalue weighted by atomic mass is 9.88. The molecule has 1 saturated carbocycles. The molecule has 5 nitrogen and oxygen atoms in total. The number of rotatable bonds is 4. The Labute approximate surface area is 160 Å². The number of nitrogens with zero attached hydrogens (tertiary/aromatic N) is 1. The van der Waals surface area contributed by atoms with Crippen LogP contribution in [0.5, 0.6) is 0 Å². The van der Waals surface area contributed by atoms with Crippen molar-refractivity contribution in [3.8, 4) is 0 Å². The number of aromatic nitrogens is 1. The predicted octanol–water partition coefficient (Wildman–Crippen LogP) is 3.57. The van der Waals surface area contributed by atoms with Crippen molar-refractivity contribution in [2.24, 2.45) is 5.92 Å². The molecule has 2 fully saturated rings. The van der Waals surface area contributed by atoms with Crippen molar-refractivity contribution in [3.63, 3.8) is 0 Å². The van der Waals surface area contributed by atoms with Gasteiger partial charge in [0.15, 0.2) is 0 Å². The fourth-order valence-electron chi connectivity index (χ4n) is 4.66. The zero-order valence-corrected chi connectivity index (χ0v) is 15.9. The van der Waals surface area contributed by atoms with E-state index in [2.05, 4.69) is 34.7 Å². The average molecular weight is 367 g/mol. The first-order valence-corrected chi connectivity index (χ1v) is 10.3. The Hall–Kier alpha value is -2.30. The van der Waals surface area contributed by atoms with E-state index >= 15 is 0 Å². The maximum atomic E-state index is 12.5. The van der Waals surface area contributed by atoms with E-state index < -0.39 is 0 Å². The van der Waals surface area contributed by atoms with Crippen LogP contribution in [-0.4, -0.2) is 41.3 Å². The van der Waals surface area contributed by atoms with Crippen LogP contribution in [0.3, 0.4) is 0 Å². The van der Waals surface area contributed by atoms with Crippen LogP contribution in [0.25, 0.3) is 10.9 Å². The third-order valence-corrected chi connectivity index (χ3v) is 6.30. The normalized spacial score (nSPS) is 19.3. The molecule has 1 aliphatic carbocycles. The Bertz CT molecular complexity index is 799. The monoisotopic (exact) mass is 367 g/mol. The second-order valence-corrected chi connectivity index (χ2v) is 8.00. The van der Waals surface area contributed by atoms with Crippen molar-refractivity contribution in [1.29, 1.82) is 0 Å². The molecule has 1 aromatic carbocycles. The molecule has 2 N–H and O–H groups in total. The smallest absolute Gasteiger partial charge is 0.241 e. The van der Waals surface area contributed by atoms with Gasteiger partial charge in [-0.1, -0.05) is 37.5 Å². The first kappa shape index (κ1) is 18.1. The third-order valence-electron chi connectivity index (χ3n) is 6.30. The minimum absolute atomic E-state index is 0.0523. The summed E-state index contributed by atoms with van der Waals surface area (Å²) in [7, 11) is 0. The first-order valence-electron chi connectivity index (χ1n) is 10.3. The van der Waals surface area contributed by atoms with Gasteiger partial charge in [0.2, 0.25) is 11.8 Å². The van der Waals surface area contributed by atoms with Crippen molar-refractivity contribution in [3.05, 3.63) is 36.0 Å². The van der Waals surface area contributed by atoms with Gasteiger partial charge in [0.25, 0.3) is 0 Å². The molecule has 2 amide bonds. The van der Waals surface area contributed by atoms with E-state index in [1.807, 2.05) is 11.0 Å². The molecule has 4 rings (SSSR count). The summed E-state index contributed by atoms with van der Waals surface area (Å²) in [6, 6.07) is 8.39. The van der Waals surface area contributed by atoms with E-state index in [0.29, 0.717) is 5.92 Å². The number of hydrogen-bond acceptors (Lipinski definition) is 2. The number of benzene rings is 1. The lowest BCUT2D eigenvalue weighted by Gasteiger charge is -2.32. The Morgan fingerprint density at radius 3 is 2.56 bits per heavy atom. The summed E-state index contributed by atoms with van der Waals surface area (Å²) in [4.78, 5) is 30.0. The quantitative estimate of drug-likeness (QED) is 0.868. The zero-order chi connectivity index (χ0) is 18.6. The molecular weight excluding hydrogens is 338 g/mol. The van der Waals surface area contributed by atoms with Gasteiger partial charge in [0, 0.05) is 36.1 Å². The molecule has 1 saturated heterocycles. The maximum absolute atomic E-state index is 12.5. The van der Waals surface area contributed by atoms with Crippen LogP contribution < -0.4 is 5.32 Å². The molecule has 1 aliphatic heterocycles. The van der Waals surface area contributed by atoms with Gasteiger partial charge in [-0.05, 0) is 43.2 Å². The maximum Gasteiger partial charge on any atom is 0.241 e. The second kappa shape index (κ2) is 8.15. The van der Waals surface area contributed by atoms with E-state index in [9.17, 15) is 9.59 Å². The number of amides is 2. The molecule has 27 heavy (non-hydrogen) atoms. The Morgan fingerprint density at radius 1 is 1.04 bits per heavy atom. The molecule has 144 valence electrons. The molecule has 2 heterocycles. The van der Waals surface area contributed by atoms with Crippen LogP contribution in [0.2, 0.25) is 0 Å². The summed E-state index contributed by atoms with van der Waals surface area (Å²) in [6.45, 7) is 1.68. The fraction of sp³-hybridized carbons (Fsp3) is 0.545. The summed E-state index contributed by atoms with van der Waals surface area (Å²) in [6.07, 6.45) is 9.51.